The monoisotopic (exact) mass is 551 g/mol. The number of ether oxygens (including phenoxy) is 1. The molecule has 32 heavy (non-hydrogen) atoms. The Kier molecular flexibility index (Phi) is 8.88. The van der Waals surface area contributed by atoms with E-state index < -0.39 is 5.91 Å². The van der Waals surface area contributed by atoms with Crippen LogP contribution in [0.1, 0.15) is 47.8 Å². The van der Waals surface area contributed by atoms with E-state index in [1.807, 2.05) is 30.3 Å². The fourth-order valence-corrected chi connectivity index (χ4v) is 3.52. The van der Waals surface area contributed by atoms with Crippen molar-refractivity contribution in [3.05, 3.63) is 65.2 Å². The molecular formula is C23H30IN5O3. The van der Waals surface area contributed by atoms with Gasteiger partial charge in [0.1, 0.15) is 11.4 Å². The molecule has 0 radical (unpaired) electrons. The van der Waals surface area contributed by atoms with Crippen LogP contribution in [0, 0.1) is 0 Å². The van der Waals surface area contributed by atoms with E-state index in [0.29, 0.717) is 18.1 Å². The number of nitrogens with two attached hydrogens (primary N) is 1. The number of amides is 2. The number of rotatable bonds is 6. The molecule has 172 valence electrons. The quantitative estimate of drug-likeness (QED) is 0.250. The molecule has 1 aliphatic heterocycles. The third kappa shape index (κ3) is 6.84. The van der Waals surface area contributed by atoms with E-state index in [9.17, 15) is 9.59 Å². The summed E-state index contributed by atoms with van der Waals surface area (Å²) in [6.07, 6.45) is 0.805. The standard InChI is InChI=1S/C23H29N5O3.HI/c1-23(2)12-18(17-6-4-5-7-19(17)31-23)28-22(25-3)27-13-15-8-10-16(11-9-15)21(30)26-14-20(24)29;/h4-11,18H,12-14H2,1-3H3,(H2,24,29)(H,26,30)(H2,25,27,28);1H. The summed E-state index contributed by atoms with van der Waals surface area (Å²) in [5, 5.41) is 9.28. The van der Waals surface area contributed by atoms with Gasteiger partial charge in [0.2, 0.25) is 5.91 Å². The van der Waals surface area contributed by atoms with Gasteiger partial charge in [-0.25, -0.2) is 0 Å². The smallest absolute Gasteiger partial charge is 0.251 e. The molecule has 0 aliphatic carbocycles. The largest absolute Gasteiger partial charge is 0.487 e. The number of para-hydroxylation sites is 1. The van der Waals surface area contributed by atoms with Crippen molar-refractivity contribution >= 4 is 41.8 Å². The van der Waals surface area contributed by atoms with Crippen molar-refractivity contribution in [1.82, 2.24) is 16.0 Å². The highest BCUT2D eigenvalue weighted by atomic mass is 127. The highest BCUT2D eigenvalue weighted by Crippen LogP contribution is 2.39. The number of nitrogens with one attached hydrogen (secondary N) is 3. The first-order valence-corrected chi connectivity index (χ1v) is 10.2. The Morgan fingerprint density at radius 3 is 2.47 bits per heavy atom. The summed E-state index contributed by atoms with van der Waals surface area (Å²) in [5.74, 6) is 0.651. The molecule has 0 spiro atoms. The van der Waals surface area contributed by atoms with Crippen LogP contribution < -0.4 is 26.4 Å². The lowest BCUT2D eigenvalue weighted by molar-refractivity contribution is -0.117. The Morgan fingerprint density at radius 1 is 1.12 bits per heavy atom. The minimum Gasteiger partial charge on any atom is -0.487 e. The van der Waals surface area contributed by atoms with Gasteiger partial charge in [-0.15, -0.1) is 24.0 Å². The maximum atomic E-state index is 12.0. The fraction of sp³-hybridized carbons (Fsp3) is 0.348. The van der Waals surface area contributed by atoms with E-state index in [-0.39, 0.29) is 48.1 Å². The molecule has 0 aromatic heterocycles. The first kappa shape index (κ1) is 25.4. The number of nitrogens with zero attached hydrogens (tertiary/aromatic N) is 1. The molecule has 1 atom stereocenters. The van der Waals surface area contributed by atoms with Gasteiger partial charge in [0, 0.05) is 31.1 Å². The Labute approximate surface area is 205 Å². The highest BCUT2D eigenvalue weighted by Gasteiger charge is 2.33. The van der Waals surface area contributed by atoms with Crippen molar-refractivity contribution in [2.45, 2.75) is 38.5 Å². The van der Waals surface area contributed by atoms with Crippen LogP contribution in [0.15, 0.2) is 53.5 Å². The lowest BCUT2D eigenvalue weighted by atomic mass is 9.90. The van der Waals surface area contributed by atoms with Crippen LogP contribution in [0.25, 0.3) is 0 Å². The van der Waals surface area contributed by atoms with Gasteiger partial charge in [0.15, 0.2) is 5.96 Å². The van der Waals surface area contributed by atoms with Crippen LogP contribution >= 0.6 is 24.0 Å². The summed E-state index contributed by atoms with van der Waals surface area (Å²) in [5.41, 5.74) is 7.33. The summed E-state index contributed by atoms with van der Waals surface area (Å²) in [6, 6.07) is 15.2. The van der Waals surface area contributed by atoms with Crippen LogP contribution in [0.2, 0.25) is 0 Å². The maximum absolute atomic E-state index is 12.0. The molecule has 1 aliphatic rings. The van der Waals surface area contributed by atoms with Gasteiger partial charge in [0.25, 0.3) is 5.91 Å². The third-order valence-corrected chi connectivity index (χ3v) is 5.01. The van der Waals surface area contributed by atoms with Gasteiger partial charge in [-0.3, -0.25) is 14.6 Å². The Bertz CT molecular complexity index is 976. The van der Waals surface area contributed by atoms with E-state index >= 15 is 0 Å². The van der Waals surface area contributed by atoms with Crippen molar-refractivity contribution in [3.63, 3.8) is 0 Å². The molecule has 3 rings (SSSR count). The molecule has 1 unspecified atom stereocenters. The second kappa shape index (κ2) is 11.2. The molecule has 5 N–H and O–H groups in total. The molecule has 2 amide bonds. The van der Waals surface area contributed by atoms with Gasteiger partial charge in [-0.05, 0) is 37.6 Å². The predicted molar refractivity (Wildman–Crippen MR) is 135 cm³/mol. The lowest BCUT2D eigenvalue weighted by Crippen LogP contribution is -2.45. The van der Waals surface area contributed by atoms with Crippen molar-refractivity contribution in [2.75, 3.05) is 13.6 Å². The summed E-state index contributed by atoms with van der Waals surface area (Å²) < 4.78 is 6.10. The second-order valence-electron chi connectivity index (χ2n) is 8.07. The fourth-order valence-electron chi connectivity index (χ4n) is 3.52. The SMILES string of the molecule is CN=C(NCc1ccc(C(=O)NCC(N)=O)cc1)NC1CC(C)(C)Oc2ccccc21.I. The molecule has 2 aromatic carbocycles. The van der Waals surface area contributed by atoms with Crippen LogP contribution in [-0.4, -0.2) is 37.0 Å². The average Bonchev–Trinajstić information content (AvgIpc) is 2.74. The van der Waals surface area contributed by atoms with E-state index in [1.165, 1.54) is 0 Å². The molecule has 1 heterocycles. The Morgan fingerprint density at radius 2 is 1.81 bits per heavy atom. The van der Waals surface area contributed by atoms with E-state index in [4.69, 9.17) is 10.5 Å². The van der Waals surface area contributed by atoms with Gasteiger partial charge < -0.3 is 26.4 Å². The van der Waals surface area contributed by atoms with E-state index in [0.717, 1.165) is 23.3 Å². The van der Waals surface area contributed by atoms with E-state index in [1.54, 1.807) is 19.2 Å². The Hall–Kier alpha value is -2.82. The molecule has 9 heteroatoms. The van der Waals surface area contributed by atoms with Gasteiger partial charge >= 0.3 is 0 Å². The van der Waals surface area contributed by atoms with Crippen molar-refractivity contribution in [3.8, 4) is 5.75 Å². The molecular weight excluding hydrogens is 521 g/mol. The van der Waals surface area contributed by atoms with E-state index in [2.05, 4.69) is 40.9 Å². The molecule has 0 saturated heterocycles. The number of halogens is 1. The summed E-state index contributed by atoms with van der Waals surface area (Å²) in [6.45, 7) is 4.51. The number of carbonyl (C=O) groups excluding carboxylic acids is 2. The number of hydrogen-bond donors (Lipinski definition) is 4. The second-order valence-corrected chi connectivity index (χ2v) is 8.07. The zero-order valence-electron chi connectivity index (χ0n) is 18.5. The number of hydrogen-bond acceptors (Lipinski definition) is 4. The minimum atomic E-state index is -0.580. The first-order chi connectivity index (χ1) is 14.8. The van der Waals surface area contributed by atoms with Crippen LogP contribution in [0.4, 0.5) is 0 Å². The number of carbonyl (C=O) groups is 2. The van der Waals surface area contributed by atoms with Gasteiger partial charge in [-0.2, -0.15) is 0 Å². The normalized spacial score (nSPS) is 16.6. The molecule has 8 nitrogen and oxygen atoms in total. The van der Waals surface area contributed by atoms with Crippen LogP contribution in [0.5, 0.6) is 5.75 Å². The molecule has 0 bridgehead atoms. The van der Waals surface area contributed by atoms with Crippen molar-refractivity contribution in [2.24, 2.45) is 10.7 Å². The maximum Gasteiger partial charge on any atom is 0.251 e. The average molecular weight is 551 g/mol. The van der Waals surface area contributed by atoms with Crippen LogP contribution in [0.3, 0.4) is 0 Å². The number of benzene rings is 2. The Balaban J connectivity index is 0.00000363. The molecule has 0 saturated carbocycles. The number of primary amides is 1. The van der Waals surface area contributed by atoms with Crippen LogP contribution in [-0.2, 0) is 11.3 Å². The lowest BCUT2D eigenvalue weighted by Gasteiger charge is -2.38. The summed E-state index contributed by atoms with van der Waals surface area (Å²) in [4.78, 5) is 27.1. The summed E-state index contributed by atoms with van der Waals surface area (Å²) >= 11 is 0. The van der Waals surface area contributed by atoms with Gasteiger partial charge in [0.05, 0.1) is 12.6 Å². The summed E-state index contributed by atoms with van der Waals surface area (Å²) in [7, 11) is 1.73. The number of aliphatic imine (C=N–C) groups is 1. The highest BCUT2D eigenvalue weighted by molar-refractivity contribution is 14.0. The molecule has 2 aromatic rings. The zero-order chi connectivity index (χ0) is 22.4. The number of fused-ring (bicyclic) bond motifs is 1. The van der Waals surface area contributed by atoms with Crippen molar-refractivity contribution in [1.29, 1.82) is 0 Å². The molecule has 0 fully saturated rings. The van der Waals surface area contributed by atoms with Crippen molar-refractivity contribution < 1.29 is 14.3 Å². The topological polar surface area (TPSA) is 118 Å². The van der Waals surface area contributed by atoms with Gasteiger partial charge in [-0.1, -0.05) is 30.3 Å². The minimum absolute atomic E-state index is 0. The first-order valence-electron chi connectivity index (χ1n) is 10.2. The number of guanidine groups is 1. The third-order valence-electron chi connectivity index (χ3n) is 5.01. The zero-order valence-corrected chi connectivity index (χ0v) is 20.8. The predicted octanol–water partition coefficient (Wildman–Crippen LogP) is 2.49.